The number of urea groups is 1. The molecule has 2 amide bonds. The Hall–Kier alpha value is -1.75. The van der Waals surface area contributed by atoms with Gasteiger partial charge in [0.05, 0.1) is 13.2 Å². The second kappa shape index (κ2) is 7.68. The molecule has 1 aliphatic carbocycles. The predicted molar refractivity (Wildman–Crippen MR) is 90.7 cm³/mol. The first-order chi connectivity index (χ1) is 10.9. The average Bonchev–Trinajstić information content (AvgIpc) is 2.49. The first-order valence-corrected chi connectivity index (χ1v) is 8.28. The zero-order chi connectivity index (χ0) is 16.9. The first kappa shape index (κ1) is 17.6. The van der Waals surface area contributed by atoms with E-state index in [9.17, 15) is 9.90 Å². The van der Waals surface area contributed by atoms with E-state index < -0.39 is 0 Å². The van der Waals surface area contributed by atoms with Gasteiger partial charge in [0.2, 0.25) is 0 Å². The molecule has 0 aromatic heterocycles. The number of aliphatic hydroxyl groups is 1. The zero-order valence-electron chi connectivity index (χ0n) is 14.3. The number of hydrogen-bond acceptors (Lipinski definition) is 3. The number of hydrogen-bond donors (Lipinski definition) is 3. The normalized spacial score (nSPS) is 21.6. The second-order valence-electron chi connectivity index (χ2n) is 6.98. The van der Waals surface area contributed by atoms with Gasteiger partial charge in [0.25, 0.3) is 0 Å². The van der Waals surface area contributed by atoms with Crippen molar-refractivity contribution in [2.75, 3.05) is 7.11 Å². The van der Waals surface area contributed by atoms with Crippen molar-refractivity contribution >= 4 is 6.03 Å². The minimum Gasteiger partial charge on any atom is -0.496 e. The van der Waals surface area contributed by atoms with E-state index in [4.69, 9.17) is 4.74 Å². The van der Waals surface area contributed by atoms with E-state index >= 15 is 0 Å². The maximum atomic E-state index is 12.2. The van der Waals surface area contributed by atoms with Crippen LogP contribution in [0.4, 0.5) is 4.79 Å². The molecule has 1 aliphatic rings. The number of para-hydroxylation sites is 1. The monoisotopic (exact) mass is 320 g/mol. The summed E-state index contributed by atoms with van der Waals surface area (Å²) < 4.78 is 5.38. The van der Waals surface area contributed by atoms with Crippen molar-refractivity contribution in [1.82, 2.24) is 10.6 Å². The van der Waals surface area contributed by atoms with Crippen LogP contribution >= 0.6 is 0 Å². The van der Waals surface area contributed by atoms with Gasteiger partial charge in [0.15, 0.2) is 0 Å². The fourth-order valence-corrected chi connectivity index (χ4v) is 3.12. The highest BCUT2D eigenvalue weighted by atomic mass is 16.5. The Labute approximate surface area is 138 Å². The molecule has 0 radical (unpaired) electrons. The summed E-state index contributed by atoms with van der Waals surface area (Å²) in [6.45, 7) is 4.01. The quantitative estimate of drug-likeness (QED) is 0.781. The maximum absolute atomic E-state index is 12.2. The van der Waals surface area contributed by atoms with Gasteiger partial charge < -0.3 is 20.5 Å². The van der Waals surface area contributed by atoms with Crippen LogP contribution in [0.5, 0.6) is 5.75 Å². The molecule has 0 unspecified atom stereocenters. The third-order valence-corrected chi connectivity index (χ3v) is 4.31. The van der Waals surface area contributed by atoms with Crippen LogP contribution in [-0.4, -0.2) is 35.9 Å². The van der Waals surface area contributed by atoms with Gasteiger partial charge in [-0.15, -0.1) is 0 Å². The Morgan fingerprint density at radius 1 is 1.26 bits per heavy atom. The summed E-state index contributed by atoms with van der Waals surface area (Å²) in [5.41, 5.74) is 0.688. The van der Waals surface area contributed by atoms with Gasteiger partial charge in [-0.1, -0.05) is 18.2 Å². The third kappa shape index (κ3) is 5.43. The number of rotatable bonds is 5. The largest absolute Gasteiger partial charge is 0.496 e. The summed E-state index contributed by atoms with van der Waals surface area (Å²) in [5.74, 6) is 0.837. The fourth-order valence-electron chi connectivity index (χ4n) is 3.12. The van der Waals surface area contributed by atoms with Crippen LogP contribution in [0.15, 0.2) is 24.3 Å². The summed E-state index contributed by atoms with van der Waals surface area (Å²) in [5, 5.41) is 15.6. The van der Waals surface area contributed by atoms with E-state index in [1.807, 2.05) is 38.1 Å². The van der Waals surface area contributed by atoms with Crippen LogP contribution in [-0.2, 0) is 6.42 Å². The highest BCUT2D eigenvalue weighted by molar-refractivity contribution is 5.75. The van der Waals surface area contributed by atoms with Crippen molar-refractivity contribution in [3.05, 3.63) is 29.8 Å². The van der Waals surface area contributed by atoms with Crippen LogP contribution in [0, 0.1) is 0 Å². The highest BCUT2D eigenvalue weighted by Crippen LogP contribution is 2.23. The van der Waals surface area contributed by atoms with E-state index in [0.717, 1.165) is 37.0 Å². The smallest absolute Gasteiger partial charge is 0.315 e. The molecule has 1 aromatic carbocycles. The summed E-state index contributed by atoms with van der Waals surface area (Å²) in [6, 6.07) is 7.86. The van der Waals surface area contributed by atoms with Gasteiger partial charge in [-0.05, 0) is 57.6 Å². The summed E-state index contributed by atoms with van der Waals surface area (Å²) in [4.78, 5) is 12.2. The molecular weight excluding hydrogens is 292 g/mol. The lowest BCUT2D eigenvalue weighted by Gasteiger charge is -2.30. The molecule has 1 aromatic rings. The number of aliphatic hydroxyl groups excluding tert-OH is 1. The summed E-state index contributed by atoms with van der Waals surface area (Å²) in [7, 11) is 1.66. The van der Waals surface area contributed by atoms with E-state index in [1.165, 1.54) is 0 Å². The van der Waals surface area contributed by atoms with E-state index in [0.29, 0.717) is 6.42 Å². The highest BCUT2D eigenvalue weighted by Gasteiger charge is 2.25. The lowest BCUT2D eigenvalue weighted by atomic mass is 9.93. The van der Waals surface area contributed by atoms with Crippen molar-refractivity contribution in [3.8, 4) is 5.75 Å². The lowest BCUT2D eigenvalue weighted by Crippen LogP contribution is -2.52. The Balaban J connectivity index is 1.88. The average molecular weight is 320 g/mol. The van der Waals surface area contributed by atoms with Gasteiger partial charge in [-0.2, -0.15) is 0 Å². The molecular formula is C18H28N2O3. The van der Waals surface area contributed by atoms with Crippen molar-refractivity contribution < 1.29 is 14.6 Å². The Morgan fingerprint density at radius 2 is 1.91 bits per heavy atom. The lowest BCUT2D eigenvalue weighted by molar-refractivity contribution is 0.117. The van der Waals surface area contributed by atoms with Crippen molar-refractivity contribution in [2.45, 2.75) is 63.6 Å². The van der Waals surface area contributed by atoms with Crippen LogP contribution in [0.3, 0.4) is 0 Å². The zero-order valence-corrected chi connectivity index (χ0v) is 14.3. The molecule has 1 fully saturated rings. The van der Waals surface area contributed by atoms with Gasteiger partial charge in [-0.3, -0.25) is 0 Å². The molecule has 0 aliphatic heterocycles. The van der Waals surface area contributed by atoms with E-state index in [1.54, 1.807) is 7.11 Å². The summed E-state index contributed by atoms with van der Waals surface area (Å²) >= 11 is 0. The number of amides is 2. The molecule has 23 heavy (non-hydrogen) atoms. The van der Waals surface area contributed by atoms with Gasteiger partial charge in [0, 0.05) is 11.6 Å². The SMILES string of the molecule is COc1ccccc1CC(C)(C)NC(=O)NC1CCC(O)CC1. The Bertz CT molecular complexity index is 523. The third-order valence-electron chi connectivity index (χ3n) is 4.31. The standard InChI is InChI=1S/C18H28N2O3/c1-18(2,12-13-6-4-5-7-16(13)23-3)20-17(22)19-14-8-10-15(21)11-9-14/h4-7,14-15,21H,8-12H2,1-3H3,(H2,19,20,22). The summed E-state index contributed by atoms with van der Waals surface area (Å²) in [6.07, 6.45) is 3.67. The first-order valence-electron chi connectivity index (χ1n) is 8.28. The van der Waals surface area contributed by atoms with Gasteiger partial charge in [-0.25, -0.2) is 4.79 Å². The molecule has 0 saturated heterocycles. The number of benzene rings is 1. The van der Waals surface area contributed by atoms with Crippen molar-refractivity contribution in [1.29, 1.82) is 0 Å². The van der Waals surface area contributed by atoms with E-state index in [2.05, 4.69) is 10.6 Å². The molecule has 0 atom stereocenters. The predicted octanol–water partition coefficient (Wildman–Crippen LogP) is 2.62. The molecule has 5 heteroatoms. The van der Waals surface area contributed by atoms with Crippen molar-refractivity contribution in [2.24, 2.45) is 0 Å². The molecule has 128 valence electrons. The molecule has 0 heterocycles. The second-order valence-corrected chi connectivity index (χ2v) is 6.98. The minimum atomic E-state index is -0.382. The topological polar surface area (TPSA) is 70.6 Å². The van der Waals surface area contributed by atoms with Crippen LogP contribution < -0.4 is 15.4 Å². The van der Waals surface area contributed by atoms with Crippen LogP contribution in [0.2, 0.25) is 0 Å². The van der Waals surface area contributed by atoms with Crippen LogP contribution in [0.1, 0.15) is 45.1 Å². The van der Waals surface area contributed by atoms with Gasteiger partial charge >= 0.3 is 6.03 Å². The number of carbonyl (C=O) groups is 1. The minimum absolute atomic E-state index is 0.147. The fraction of sp³-hybridized carbons (Fsp3) is 0.611. The molecule has 0 spiro atoms. The van der Waals surface area contributed by atoms with Crippen molar-refractivity contribution in [3.63, 3.8) is 0 Å². The Kier molecular flexibility index (Phi) is 5.88. The Morgan fingerprint density at radius 3 is 2.57 bits per heavy atom. The number of methoxy groups -OCH3 is 1. The maximum Gasteiger partial charge on any atom is 0.315 e. The molecule has 1 saturated carbocycles. The number of ether oxygens (including phenoxy) is 1. The van der Waals surface area contributed by atoms with Gasteiger partial charge in [0.1, 0.15) is 5.75 Å². The van der Waals surface area contributed by atoms with Crippen LogP contribution in [0.25, 0.3) is 0 Å². The molecule has 2 rings (SSSR count). The number of nitrogens with one attached hydrogen (secondary N) is 2. The molecule has 0 bridgehead atoms. The molecule has 5 nitrogen and oxygen atoms in total. The van der Waals surface area contributed by atoms with E-state index in [-0.39, 0.29) is 23.7 Å². The molecule has 3 N–H and O–H groups in total. The number of carbonyl (C=O) groups excluding carboxylic acids is 1.